The van der Waals surface area contributed by atoms with Crippen LogP contribution in [0.25, 0.3) is 0 Å². The number of esters is 1. The van der Waals surface area contributed by atoms with E-state index in [1.807, 2.05) is 25.2 Å². The van der Waals surface area contributed by atoms with Gasteiger partial charge in [-0.25, -0.2) is 4.79 Å². The first-order valence-corrected chi connectivity index (χ1v) is 9.80. The van der Waals surface area contributed by atoms with Crippen LogP contribution < -0.4 is 18.9 Å². The molecule has 5 rings (SSSR count). The van der Waals surface area contributed by atoms with Crippen LogP contribution in [0.4, 0.5) is 0 Å². The molecule has 0 unspecified atom stereocenters. The molecule has 0 amide bonds. The van der Waals surface area contributed by atoms with Crippen LogP contribution in [0.5, 0.6) is 23.0 Å². The van der Waals surface area contributed by atoms with Gasteiger partial charge in [0.1, 0.15) is 11.9 Å². The van der Waals surface area contributed by atoms with Crippen LogP contribution in [0.1, 0.15) is 39.2 Å². The van der Waals surface area contributed by atoms with Gasteiger partial charge in [0, 0.05) is 17.7 Å². The second-order valence-corrected chi connectivity index (χ2v) is 7.75. The van der Waals surface area contributed by atoms with E-state index in [0.717, 1.165) is 29.7 Å². The van der Waals surface area contributed by atoms with Gasteiger partial charge in [0.25, 0.3) is 0 Å². The largest absolute Gasteiger partial charge is 0.496 e. The van der Waals surface area contributed by atoms with Gasteiger partial charge in [-0.2, -0.15) is 0 Å². The lowest BCUT2D eigenvalue weighted by Crippen LogP contribution is -2.36. The first-order valence-electron chi connectivity index (χ1n) is 9.35. The molecule has 0 N–H and O–H groups in total. The molecule has 0 spiro atoms. The van der Waals surface area contributed by atoms with Gasteiger partial charge < -0.3 is 23.7 Å². The zero-order chi connectivity index (χ0) is 20.3. The van der Waals surface area contributed by atoms with Crippen LogP contribution in [0.2, 0.25) is 0 Å². The Hall–Kier alpha value is -2.58. The van der Waals surface area contributed by atoms with Gasteiger partial charge in [-0.15, -0.1) is 12.6 Å². The van der Waals surface area contributed by atoms with Gasteiger partial charge >= 0.3 is 5.97 Å². The second kappa shape index (κ2) is 6.74. The summed E-state index contributed by atoms with van der Waals surface area (Å²) in [6.07, 6.45) is 0.344. The SMILES string of the molecule is COc1ccc2c(c1S)C(=O)O[C@@H]2[C@H]1c2c(cc3c(c2OC)OCO3)CCN1C. The van der Waals surface area contributed by atoms with Crippen LogP contribution >= 0.6 is 12.6 Å². The smallest absolute Gasteiger partial charge is 0.340 e. The molecule has 2 aromatic rings. The second-order valence-electron chi connectivity index (χ2n) is 7.30. The molecule has 0 saturated carbocycles. The topological polar surface area (TPSA) is 66.5 Å². The number of rotatable bonds is 3. The summed E-state index contributed by atoms with van der Waals surface area (Å²) >= 11 is 4.51. The number of fused-ring (bicyclic) bond motifs is 3. The van der Waals surface area contributed by atoms with E-state index in [9.17, 15) is 4.79 Å². The maximum Gasteiger partial charge on any atom is 0.340 e. The zero-order valence-electron chi connectivity index (χ0n) is 16.4. The van der Waals surface area contributed by atoms with Crippen molar-refractivity contribution in [2.75, 3.05) is 34.6 Å². The molecule has 29 heavy (non-hydrogen) atoms. The maximum absolute atomic E-state index is 12.7. The van der Waals surface area contributed by atoms with Gasteiger partial charge in [0.15, 0.2) is 11.5 Å². The highest BCUT2D eigenvalue weighted by atomic mass is 32.1. The van der Waals surface area contributed by atoms with Crippen molar-refractivity contribution in [1.29, 1.82) is 0 Å². The Bertz CT molecular complexity index is 1020. The molecule has 3 aliphatic rings. The molecule has 0 radical (unpaired) electrons. The minimum Gasteiger partial charge on any atom is -0.496 e. The molecule has 0 saturated heterocycles. The standard InChI is InChI=1S/C21H21NO6S/c1-22-7-6-10-8-13-18(27-9-26-13)19(25-3)14(10)16(22)17-11-4-5-12(24-2)20(29)15(11)21(23)28-17/h4-5,8,16-17,29H,6-7,9H2,1-3H3/t16-,17+/m1/s1. The Morgan fingerprint density at radius 1 is 1.21 bits per heavy atom. The van der Waals surface area contributed by atoms with Crippen LogP contribution in [-0.2, 0) is 11.2 Å². The summed E-state index contributed by atoms with van der Waals surface area (Å²) in [4.78, 5) is 15.4. The summed E-state index contributed by atoms with van der Waals surface area (Å²) in [5, 5.41) is 0. The summed E-state index contributed by atoms with van der Waals surface area (Å²) in [6, 6.07) is 5.48. The van der Waals surface area contributed by atoms with Gasteiger partial charge in [-0.1, -0.05) is 6.07 Å². The number of hydrogen-bond donors (Lipinski definition) is 1. The fourth-order valence-corrected chi connectivity index (χ4v) is 4.91. The number of hydrogen-bond acceptors (Lipinski definition) is 8. The maximum atomic E-state index is 12.7. The monoisotopic (exact) mass is 415 g/mol. The average Bonchev–Trinajstić information content (AvgIpc) is 3.31. The van der Waals surface area contributed by atoms with E-state index >= 15 is 0 Å². The molecular formula is C21H21NO6S. The van der Waals surface area contributed by atoms with Crippen molar-refractivity contribution in [2.24, 2.45) is 0 Å². The fraction of sp³-hybridized carbons (Fsp3) is 0.381. The highest BCUT2D eigenvalue weighted by Gasteiger charge is 2.45. The normalized spacial score (nSPS) is 22.1. The van der Waals surface area contributed by atoms with Crippen LogP contribution in [0.15, 0.2) is 23.1 Å². The molecule has 2 atom stereocenters. The number of ether oxygens (including phenoxy) is 5. The number of thiol groups is 1. The van der Waals surface area contributed by atoms with E-state index < -0.39 is 12.1 Å². The number of nitrogens with zero attached hydrogens (tertiary/aromatic N) is 1. The summed E-state index contributed by atoms with van der Waals surface area (Å²) in [5.74, 6) is 2.07. The quantitative estimate of drug-likeness (QED) is 0.610. The molecule has 3 heterocycles. The Balaban J connectivity index is 1.68. The molecule has 3 aliphatic heterocycles. The summed E-state index contributed by atoms with van der Waals surface area (Å²) in [5.41, 5.74) is 3.33. The van der Waals surface area contributed by atoms with Crippen molar-refractivity contribution in [2.45, 2.75) is 23.5 Å². The third-order valence-electron chi connectivity index (χ3n) is 5.88. The van der Waals surface area contributed by atoms with Crippen molar-refractivity contribution in [3.05, 3.63) is 40.5 Å². The third kappa shape index (κ3) is 2.59. The lowest BCUT2D eigenvalue weighted by atomic mass is 9.85. The number of carbonyl (C=O) groups excluding carboxylic acids is 1. The first-order chi connectivity index (χ1) is 14.0. The van der Waals surface area contributed by atoms with Crippen LogP contribution in [0, 0.1) is 0 Å². The molecule has 0 fully saturated rings. The summed E-state index contributed by atoms with van der Waals surface area (Å²) < 4.78 is 28.2. The Morgan fingerprint density at radius 3 is 2.79 bits per heavy atom. The Morgan fingerprint density at radius 2 is 2.03 bits per heavy atom. The molecule has 2 aromatic carbocycles. The average molecular weight is 415 g/mol. The Labute approximate surface area is 173 Å². The van der Waals surface area contributed by atoms with E-state index in [0.29, 0.717) is 33.5 Å². The van der Waals surface area contributed by atoms with E-state index in [1.165, 1.54) is 0 Å². The molecule has 0 aromatic heterocycles. The minimum atomic E-state index is -0.493. The van der Waals surface area contributed by atoms with Crippen LogP contribution in [-0.4, -0.2) is 45.5 Å². The predicted octanol–water partition coefficient (Wildman–Crippen LogP) is 3.16. The number of carbonyl (C=O) groups is 1. The summed E-state index contributed by atoms with van der Waals surface area (Å²) in [7, 11) is 5.20. The van der Waals surface area contributed by atoms with Crippen molar-refractivity contribution in [3.63, 3.8) is 0 Å². The molecular weight excluding hydrogens is 394 g/mol. The number of benzene rings is 2. The molecule has 7 nitrogen and oxygen atoms in total. The first kappa shape index (κ1) is 18.4. The Kier molecular flexibility index (Phi) is 4.29. The fourth-order valence-electron chi connectivity index (χ4n) is 4.53. The van der Waals surface area contributed by atoms with Crippen molar-refractivity contribution >= 4 is 18.6 Å². The van der Waals surface area contributed by atoms with Gasteiger partial charge in [-0.3, -0.25) is 4.90 Å². The number of methoxy groups -OCH3 is 2. The van der Waals surface area contributed by atoms with Gasteiger partial charge in [-0.05, 0) is 31.2 Å². The lowest BCUT2D eigenvalue weighted by molar-refractivity contribution is 0.00871. The van der Waals surface area contributed by atoms with Gasteiger partial charge in [0.2, 0.25) is 12.5 Å². The minimum absolute atomic E-state index is 0.166. The molecule has 0 aliphatic carbocycles. The van der Waals surface area contributed by atoms with Crippen LogP contribution in [0.3, 0.4) is 0 Å². The summed E-state index contributed by atoms with van der Waals surface area (Å²) in [6.45, 7) is 0.979. The number of cyclic esters (lactones) is 1. The predicted molar refractivity (Wildman–Crippen MR) is 107 cm³/mol. The molecule has 8 heteroatoms. The van der Waals surface area contributed by atoms with E-state index in [1.54, 1.807) is 14.2 Å². The number of likely N-dealkylation sites (N-methyl/N-ethyl adjacent to an activating group) is 1. The van der Waals surface area contributed by atoms with Crippen molar-refractivity contribution in [1.82, 2.24) is 4.90 Å². The zero-order valence-corrected chi connectivity index (χ0v) is 17.2. The van der Waals surface area contributed by atoms with Crippen molar-refractivity contribution < 1.29 is 28.5 Å². The van der Waals surface area contributed by atoms with E-state index in [2.05, 4.69) is 17.5 Å². The lowest BCUT2D eigenvalue weighted by Gasteiger charge is -2.38. The molecule has 0 bridgehead atoms. The molecule has 152 valence electrons. The highest BCUT2D eigenvalue weighted by Crippen LogP contribution is 2.54. The third-order valence-corrected chi connectivity index (χ3v) is 6.32. The van der Waals surface area contributed by atoms with Gasteiger partial charge in [0.05, 0.1) is 30.7 Å². The van der Waals surface area contributed by atoms with Crippen molar-refractivity contribution in [3.8, 4) is 23.0 Å². The van der Waals surface area contributed by atoms with E-state index in [-0.39, 0.29) is 12.8 Å². The van der Waals surface area contributed by atoms with E-state index in [4.69, 9.17) is 23.7 Å². The highest BCUT2D eigenvalue weighted by molar-refractivity contribution is 7.80.